The van der Waals surface area contributed by atoms with Gasteiger partial charge in [-0.3, -0.25) is 10.2 Å². The Kier molecular flexibility index (Phi) is 4.39. The molecule has 0 fully saturated rings. The van der Waals surface area contributed by atoms with Gasteiger partial charge in [0.1, 0.15) is 4.88 Å². The van der Waals surface area contributed by atoms with Gasteiger partial charge in [0.15, 0.2) is 0 Å². The van der Waals surface area contributed by atoms with E-state index in [0.29, 0.717) is 0 Å². The summed E-state index contributed by atoms with van der Waals surface area (Å²) in [4.78, 5) is 30.3. The number of hydrazone groups is 1. The summed E-state index contributed by atoms with van der Waals surface area (Å²) >= 11 is 1.00. The highest BCUT2D eigenvalue weighted by Gasteiger charge is 2.11. The number of benzene rings is 1. The molecule has 24 heavy (non-hydrogen) atoms. The SMILES string of the molecule is COC(=O)c1cc(=O)nc(N/N=C(\C)c2c[nH]c3ccccc23)s1. The van der Waals surface area contributed by atoms with Crippen LogP contribution in [0.25, 0.3) is 10.9 Å². The lowest BCUT2D eigenvalue weighted by Crippen LogP contribution is -2.11. The molecule has 3 rings (SSSR count). The lowest BCUT2D eigenvalue weighted by molar-refractivity contribution is 0.0606. The molecule has 122 valence electrons. The molecule has 0 bridgehead atoms. The van der Waals surface area contributed by atoms with Crippen molar-refractivity contribution in [1.29, 1.82) is 0 Å². The Morgan fingerprint density at radius 2 is 2.17 bits per heavy atom. The lowest BCUT2D eigenvalue weighted by atomic mass is 10.1. The summed E-state index contributed by atoms with van der Waals surface area (Å²) in [6, 6.07) is 9.01. The zero-order chi connectivity index (χ0) is 17.1. The number of nitrogens with one attached hydrogen (secondary N) is 2. The average Bonchev–Trinajstić information content (AvgIpc) is 3.02. The van der Waals surface area contributed by atoms with Crippen molar-refractivity contribution in [2.24, 2.45) is 5.10 Å². The van der Waals surface area contributed by atoms with Crippen LogP contribution in [0.5, 0.6) is 0 Å². The van der Waals surface area contributed by atoms with Crippen LogP contribution in [0.15, 0.2) is 46.4 Å². The van der Waals surface area contributed by atoms with Crippen LogP contribution < -0.4 is 11.0 Å². The van der Waals surface area contributed by atoms with Crippen LogP contribution in [-0.2, 0) is 4.74 Å². The first-order valence-corrected chi connectivity index (χ1v) is 7.87. The summed E-state index contributed by atoms with van der Waals surface area (Å²) < 4.78 is 4.62. The minimum absolute atomic E-state index is 0.167. The second-order valence-electron chi connectivity index (χ2n) is 4.91. The number of hydrogen-bond acceptors (Lipinski definition) is 7. The van der Waals surface area contributed by atoms with Gasteiger partial charge in [-0.15, -0.1) is 0 Å². The molecule has 8 heteroatoms. The number of carbonyl (C=O) groups excluding carboxylic acids is 1. The number of para-hydroxylation sites is 1. The number of H-pyrrole nitrogens is 1. The van der Waals surface area contributed by atoms with Gasteiger partial charge in [0.2, 0.25) is 5.13 Å². The van der Waals surface area contributed by atoms with Crippen molar-refractivity contribution in [2.45, 2.75) is 6.92 Å². The first kappa shape index (κ1) is 15.9. The maximum absolute atomic E-state index is 11.6. The Balaban J connectivity index is 1.89. The van der Waals surface area contributed by atoms with Gasteiger partial charge in [0.25, 0.3) is 5.56 Å². The van der Waals surface area contributed by atoms with Gasteiger partial charge in [-0.25, -0.2) is 4.79 Å². The second kappa shape index (κ2) is 6.63. The molecule has 2 heterocycles. The van der Waals surface area contributed by atoms with E-state index in [2.05, 4.69) is 25.2 Å². The van der Waals surface area contributed by atoms with Crippen molar-refractivity contribution in [3.8, 4) is 0 Å². The molecule has 0 atom stereocenters. The van der Waals surface area contributed by atoms with E-state index in [9.17, 15) is 9.59 Å². The summed E-state index contributed by atoms with van der Waals surface area (Å²) in [5.74, 6) is -0.583. The predicted octanol–water partition coefficient (Wildman–Crippen LogP) is 2.61. The monoisotopic (exact) mass is 342 g/mol. The molecule has 0 spiro atoms. The molecule has 0 saturated heterocycles. The van der Waals surface area contributed by atoms with Gasteiger partial charge in [-0.1, -0.05) is 29.5 Å². The number of carbonyl (C=O) groups is 1. The van der Waals surface area contributed by atoms with Gasteiger partial charge in [0.05, 0.1) is 12.8 Å². The third-order valence-electron chi connectivity index (χ3n) is 3.36. The van der Waals surface area contributed by atoms with E-state index in [1.165, 1.54) is 7.11 Å². The zero-order valence-electron chi connectivity index (χ0n) is 13.0. The molecule has 0 saturated carbocycles. The minimum atomic E-state index is -0.583. The fourth-order valence-corrected chi connectivity index (χ4v) is 2.97. The number of hydrogen-bond donors (Lipinski definition) is 2. The molecule has 0 aliphatic heterocycles. The highest BCUT2D eigenvalue weighted by atomic mass is 32.1. The number of anilines is 1. The fourth-order valence-electron chi connectivity index (χ4n) is 2.21. The van der Waals surface area contributed by atoms with E-state index < -0.39 is 11.5 Å². The van der Waals surface area contributed by atoms with Crippen LogP contribution in [0.4, 0.5) is 5.13 Å². The van der Waals surface area contributed by atoms with Gasteiger partial charge in [-0.2, -0.15) is 10.1 Å². The number of nitrogens with zero attached hydrogens (tertiary/aromatic N) is 2. The first-order chi connectivity index (χ1) is 11.6. The second-order valence-corrected chi connectivity index (χ2v) is 5.95. The van der Waals surface area contributed by atoms with Crippen LogP contribution in [0.2, 0.25) is 0 Å². The van der Waals surface area contributed by atoms with Gasteiger partial charge in [0, 0.05) is 28.7 Å². The van der Waals surface area contributed by atoms with Gasteiger partial charge in [-0.05, 0) is 13.0 Å². The molecule has 0 amide bonds. The number of rotatable bonds is 4. The number of fused-ring (bicyclic) bond motifs is 1. The Bertz CT molecular complexity index is 990. The smallest absolute Gasteiger partial charge is 0.348 e. The van der Waals surface area contributed by atoms with E-state index in [-0.39, 0.29) is 10.0 Å². The number of methoxy groups -OCH3 is 1. The van der Waals surface area contributed by atoms with Crippen LogP contribution in [-0.4, -0.2) is 28.8 Å². The number of aromatic nitrogens is 2. The highest BCUT2D eigenvalue weighted by Crippen LogP contribution is 2.19. The standard InChI is InChI=1S/C16H14N4O3S/c1-9(11-8-17-12-6-4-3-5-10(11)12)19-20-16-18-14(21)7-13(24-16)15(22)23-2/h3-8,17H,1-2H3,(H,18,20,21)/b19-9+. The van der Waals surface area contributed by atoms with Crippen LogP contribution in [0.3, 0.4) is 0 Å². The molecule has 7 nitrogen and oxygen atoms in total. The third-order valence-corrected chi connectivity index (χ3v) is 4.24. The Morgan fingerprint density at radius 3 is 2.96 bits per heavy atom. The van der Waals surface area contributed by atoms with E-state index in [1.807, 2.05) is 37.4 Å². The van der Waals surface area contributed by atoms with Crippen LogP contribution in [0, 0.1) is 0 Å². The molecule has 0 aliphatic rings. The molecule has 1 aromatic carbocycles. The molecular weight excluding hydrogens is 328 g/mol. The largest absolute Gasteiger partial charge is 0.465 e. The summed E-state index contributed by atoms with van der Waals surface area (Å²) in [5, 5.41) is 5.53. The maximum atomic E-state index is 11.6. The molecule has 3 aromatic rings. The van der Waals surface area contributed by atoms with Crippen LogP contribution in [0.1, 0.15) is 22.2 Å². The quantitative estimate of drug-likeness (QED) is 0.431. The van der Waals surface area contributed by atoms with Crippen LogP contribution >= 0.6 is 11.3 Å². The zero-order valence-corrected chi connectivity index (χ0v) is 13.8. The van der Waals surface area contributed by atoms with Crippen molar-refractivity contribution in [1.82, 2.24) is 9.97 Å². The summed E-state index contributed by atoms with van der Waals surface area (Å²) in [5.41, 5.74) is 4.87. The average molecular weight is 342 g/mol. The van der Waals surface area contributed by atoms with Crippen molar-refractivity contribution in [3.63, 3.8) is 0 Å². The molecule has 0 radical (unpaired) electrons. The van der Waals surface area contributed by atoms with E-state index in [1.54, 1.807) is 0 Å². The van der Waals surface area contributed by atoms with E-state index in [4.69, 9.17) is 0 Å². The molecule has 2 N–H and O–H groups in total. The fraction of sp³-hybridized carbons (Fsp3) is 0.125. The van der Waals surface area contributed by atoms with Gasteiger partial charge < -0.3 is 9.72 Å². The summed E-state index contributed by atoms with van der Waals surface area (Å²) in [6.45, 7) is 1.84. The summed E-state index contributed by atoms with van der Waals surface area (Å²) in [7, 11) is 1.26. The Hall–Kier alpha value is -3.00. The molecular formula is C16H14N4O3S. The number of aromatic amines is 1. The third kappa shape index (κ3) is 3.18. The van der Waals surface area contributed by atoms with Crippen molar-refractivity contribution >= 4 is 39.1 Å². The maximum Gasteiger partial charge on any atom is 0.348 e. The lowest BCUT2D eigenvalue weighted by Gasteiger charge is -2.03. The normalized spacial score (nSPS) is 11.5. The molecule has 2 aromatic heterocycles. The van der Waals surface area contributed by atoms with Crippen molar-refractivity contribution in [2.75, 3.05) is 12.5 Å². The highest BCUT2D eigenvalue weighted by molar-refractivity contribution is 7.17. The van der Waals surface area contributed by atoms with Crippen molar-refractivity contribution < 1.29 is 9.53 Å². The Morgan fingerprint density at radius 1 is 1.38 bits per heavy atom. The van der Waals surface area contributed by atoms with Gasteiger partial charge >= 0.3 is 5.97 Å². The minimum Gasteiger partial charge on any atom is -0.465 e. The number of ether oxygens (including phenoxy) is 1. The number of esters is 1. The first-order valence-electron chi connectivity index (χ1n) is 7.06. The molecule has 0 unspecified atom stereocenters. The van der Waals surface area contributed by atoms with E-state index >= 15 is 0 Å². The predicted molar refractivity (Wildman–Crippen MR) is 93.9 cm³/mol. The molecule has 0 aliphatic carbocycles. The Labute approximate surface area is 141 Å². The van der Waals surface area contributed by atoms with E-state index in [0.717, 1.165) is 39.6 Å². The topological polar surface area (TPSA) is 96.4 Å². The summed E-state index contributed by atoms with van der Waals surface area (Å²) in [6.07, 6.45) is 1.87. The van der Waals surface area contributed by atoms with Crippen molar-refractivity contribution in [3.05, 3.63) is 57.3 Å².